The number of carbonyl (C=O) groups excluding carboxylic acids is 1. The van der Waals surface area contributed by atoms with Gasteiger partial charge in [-0.25, -0.2) is 4.79 Å². The molecule has 0 atom stereocenters. The minimum Gasteiger partial charge on any atom is -0.496 e. The van der Waals surface area contributed by atoms with Crippen LogP contribution in [0.2, 0.25) is 0 Å². The number of aromatic nitrogens is 1. The Hall–Kier alpha value is -3.04. The molecule has 232 valence electrons. The van der Waals surface area contributed by atoms with E-state index >= 15 is 0 Å². The molecule has 0 saturated carbocycles. The smallest absolute Gasteiger partial charge is 0.410 e. The van der Waals surface area contributed by atoms with Crippen LogP contribution < -0.4 is 15.0 Å². The molecule has 3 heterocycles. The molecule has 0 unspecified atom stereocenters. The summed E-state index contributed by atoms with van der Waals surface area (Å²) in [6, 6.07) is 4.11. The average Bonchev–Trinajstić information content (AvgIpc) is 2.96. The highest BCUT2D eigenvalue weighted by molar-refractivity contribution is 5.72. The van der Waals surface area contributed by atoms with Crippen molar-refractivity contribution in [2.24, 2.45) is 7.05 Å². The highest BCUT2D eigenvalue weighted by atomic mass is 16.6. The summed E-state index contributed by atoms with van der Waals surface area (Å²) in [6.45, 7) is 13.8. The number of ether oxygens (including phenoxy) is 4. The molecule has 0 N–H and O–H groups in total. The molecule has 9 heteroatoms. The summed E-state index contributed by atoms with van der Waals surface area (Å²) in [4.78, 5) is 29.0. The van der Waals surface area contributed by atoms with Crippen LogP contribution >= 0.6 is 0 Å². The zero-order chi connectivity index (χ0) is 30.6. The highest BCUT2D eigenvalue weighted by Gasteiger charge is 2.30. The lowest BCUT2D eigenvalue weighted by Gasteiger charge is -2.37. The molecule has 1 amide bonds. The number of piperidine rings is 2. The number of carbonyl (C=O) groups is 1. The quantitative estimate of drug-likeness (QED) is 0.427. The van der Waals surface area contributed by atoms with Crippen LogP contribution in [0.1, 0.15) is 63.1 Å². The third kappa shape index (κ3) is 7.67. The van der Waals surface area contributed by atoms with Crippen LogP contribution in [0, 0.1) is 13.8 Å². The molecule has 0 bridgehead atoms. The van der Waals surface area contributed by atoms with Crippen molar-refractivity contribution >= 4 is 6.09 Å². The van der Waals surface area contributed by atoms with Crippen LogP contribution in [0.15, 0.2) is 23.1 Å². The fourth-order valence-electron chi connectivity index (χ4n) is 5.97. The molecular weight excluding hydrogens is 534 g/mol. The van der Waals surface area contributed by atoms with E-state index < -0.39 is 5.60 Å². The van der Waals surface area contributed by atoms with Crippen molar-refractivity contribution < 1.29 is 23.7 Å². The van der Waals surface area contributed by atoms with Crippen LogP contribution in [0.3, 0.4) is 0 Å². The first-order chi connectivity index (χ1) is 19.9. The van der Waals surface area contributed by atoms with E-state index in [0.717, 1.165) is 91.1 Å². The van der Waals surface area contributed by atoms with E-state index in [4.69, 9.17) is 18.9 Å². The number of rotatable bonds is 8. The van der Waals surface area contributed by atoms with Gasteiger partial charge in [0.15, 0.2) is 0 Å². The minimum absolute atomic E-state index is 0.0181. The lowest BCUT2D eigenvalue weighted by atomic mass is 9.96. The van der Waals surface area contributed by atoms with Gasteiger partial charge in [0.2, 0.25) is 0 Å². The van der Waals surface area contributed by atoms with Gasteiger partial charge in [-0.2, -0.15) is 0 Å². The number of pyridine rings is 1. The fourth-order valence-corrected chi connectivity index (χ4v) is 5.97. The Labute approximate surface area is 250 Å². The number of hydrogen-bond acceptors (Lipinski definition) is 7. The summed E-state index contributed by atoms with van der Waals surface area (Å²) in [5, 5.41) is 0. The average molecular weight is 584 g/mol. The summed E-state index contributed by atoms with van der Waals surface area (Å²) in [7, 11) is 5.17. The molecule has 1 aromatic heterocycles. The Morgan fingerprint density at radius 1 is 0.905 bits per heavy atom. The third-order valence-electron chi connectivity index (χ3n) is 8.54. The number of likely N-dealkylation sites (tertiary alicyclic amines) is 2. The van der Waals surface area contributed by atoms with Crippen molar-refractivity contribution in [3.8, 4) is 22.6 Å². The van der Waals surface area contributed by atoms with Crippen LogP contribution in [0.4, 0.5) is 4.79 Å². The highest BCUT2D eigenvalue weighted by Crippen LogP contribution is 2.37. The van der Waals surface area contributed by atoms with Crippen molar-refractivity contribution in [1.82, 2.24) is 14.4 Å². The minimum atomic E-state index is -0.471. The largest absolute Gasteiger partial charge is 0.496 e. The van der Waals surface area contributed by atoms with Crippen molar-refractivity contribution in [2.75, 3.05) is 46.9 Å². The second-order valence-corrected chi connectivity index (χ2v) is 12.7. The number of benzene rings is 1. The molecule has 0 spiro atoms. The molecule has 2 fully saturated rings. The van der Waals surface area contributed by atoms with E-state index in [9.17, 15) is 9.59 Å². The van der Waals surface area contributed by atoms with E-state index in [0.29, 0.717) is 13.1 Å². The molecule has 2 aliphatic rings. The molecule has 1 aromatic carbocycles. The predicted molar refractivity (Wildman–Crippen MR) is 165 cm³/mol. The van der Waals surface area contributed by atoms with Gasteiger partial charge >= 0.3 is 6.09 Å². The molecule has 0 radical (unpaired) electrons. The van der Waals surface area contributed by atoms with Gasteiger partial charge in [-0.1, -0.05) is 0 Å². The monoisotopic (exact) mass is 583 g/mol. The van der Waals surface area contributed by atoms with Gasteiger partial charge in [-0.3, -0.25) is 4.79 Å². The van der Waals surface area contributed by atoms with Crippen molar-refractivity contribution in [1.29, 1.82) is 0 Å². The Morgan fingerprint density at radius 3 is 1.98 bits per heavy atom. The van der Waals surface area contributed by atoms with Gasteiger partial charge in [0, 0.05) is 62.7 Å². The van der Waals surface area contributed by atoms with Crippen LogP contribution in [-0.2, 0) is 22.9 Å². The molecule has 42 heavy (non-hydrogen) atoms. The fraction of sp³-hybridized carbons (Fsp3) is 0.636. The summed E-state index contributed by atoms with van der Waals surface area (Å²) < 4.78 is 25.3. The molecule has 2 saturated heterocycles. The Morgan fingerprint density at radius 2 is 1.45 bits per heavy atom. The Kier molecular flexibility index (Phi) is 10.3. The van der Waals surface area contributed by atoms with E-state index in [1.54, 1.807) is 30.7 Å². The zero-order valence-electron chi connectivity index (χ0n) is 26.7. The normalized spacial score (nSPS) is 17.4. The summed E-state index contributed by atoms with van der Waals surface area (Å²) in [5.41, 5.74) is 4.28. The molecule has 4 rings (SSSR count). The molecule has 2 aromatic rings. The van der Waals surface area contributed by atoms with Crippen molar-refractivity contribution in [3.63, 3.8) is 0 Å². The molecule has 0 aliphatic carbocycles. The van der Waals surface area contributed by atoms with Gasteiger partial charge in [0.1, 0.15) is 17.1 Å². The molecular formula is C33H49N3O6. The summed E-state index contributed by atoms with van der Waals surface area (Å²) >= 11 is 0. The number of hydrogen-bond donors (Lipinski definition) is 0. The lowest BCUT2D eigenvalue weighted by Crippen LogP contribution is -2.45. The maximum absolute atomic E-state index is 12.4. The van der Waals surface area contributed by atoms with Gasteiger partial charge in [-0.15, -0.1) is 0 Å². The predicted octanol–water partition coefficient (Wildman–Crippen LogP) is 5.11. The number of amides is 1. The SMILES string of the molecule is COc1cc(-c2cn(C)c(=O)c(C)c2C)cc(OC)c1CCN1CCC(OC2CCN(C(=O)OC(C)(C)C)CC2)CC1. The van der Waals surface area contributed by atoms with Crippen LogP contribution in [0.5, 0.6) is 11.5 Å². The maximum Gasteiger partial charge on any atom is 0.410 e. The van der Waals surface area contributed by atoms with Crippen LogP contribution in [-0.4, -0.2) is 85.2 Å². The topological polar surface area (TPSA) is 82.5 Å². The van der Waals surface area contributed by atoms with E-state index in [2.05, 4.69) is 17.0 Å². The first-order valence-corrected chi connectivity index (χ1v) is 15.2. The van der Waals surface area contributed by atoms with Gasteiger partial charge in [0.05, 0.1) is 26.4 Å². The Balaban J connectivity index is 1.31. The standard InChI is InChI=1S/C33H49N3O6/c1-22-23(2)31(37)34(6)21-28(22)24-19-29(39-7)27(30(20-24)40-8)13-16-35-14-9-25(10-15-35)41-26-11-17-36(18-12-26)32(38)42-33(3,4)5/h19-21,25-26H,9-18H2,1-8H3. The Bertz CT molecular complexity index is 1270. The summed E-state index contributed by atoms with van der Waals surface area (Å²) in [5.74, 6) is 1.59. The molecule has 9 nitrogen and oxygen atoms in total. The van der Waals surface area contributed by atoms with E-state index in [-0.39, 0.29) is 23.9 Å². The lowest BCUT2D eigenvalue weighted by molar-refractivity contribution is -0.0661. The van der Waals surface area contributed by atoms with Crippen molar-refractivity contribution in [3.05, 3.63) is 45.4 Å². The first-order valence-electron chi connectivity index (χ1n) is 15.2. The van der Waals surface area contributed by atoms with Crippen LogP contribution in [0.25, 0.3) is 11.1 Å². The summed E-state index contributed by atoms with van der Waals surface area (Å²) in [6.07, 6.45) is 6.65. The molecule has 2 aliphatic heterocycles. The van der Waals surface area contributed by atoms with Gasteiger partial charge in [0.25, 0.3) is 5.56 Å². The number of aryl methyl sites for hydroxylation is 1. The number of nitrogens with zero attached hydrogens (tertiary/aromatic N) is 3. The number of methoxy groups -OCH3 is 2. The van der Waals surface area contributed by atoms with Crippen molar-refractivity contribution in [2.45, 2.75) is 84.5 Å². The second kappa shape index (κ2) is 13.5. The van der Waals surface area contributed by atoms with E-state index in [1.165, 1.54) is 0 Å². The third-order valence-corrected chi connectivity index (χ3v) is 8.54. The second-order valence-electron chi connectivity index (χ2n) is 12.7. The van der Waals surface area contributed by atoms with Gasteiger partial charge in [-0.05, 0) is 90.0 Å². The van der Waals surface area contributed by atoms with Gasteiger partial charge < -0.3 is 33.3 Å². The first kappa shape index (κ1) is 31.9. The van der Waals surface area contributed by atoms with E-state index in [1.807, 2.05) is 40.8 Å². The maximum atomic E-state index is 12.4. The zero-order valence-corrected chi connectivity index (χ0v) is 26.7.